The normalized spacial score (nSPS) is 11.5. The summed E-state index contributed by atoms with van der Waals surface area (Å²) in [4.78, 5) is 14.6. The van der Waals surface area contributed by atoms with Gasteiger partial charge in [0.05, 0.1) is 0 Å². The van der Waals surface area contributed by atoms with Crippen LogP contribution >= 0.6 is 11.8 Å². The van der Waals surface area contributed by atoms with Crippen molar-refractivity contribution in [2.75, 3.05) is 5.32 Å². The lowest BCUT2D eigenvalue weighted by molar-refractivity contribution is 0.172. The fourth-order valence-corrected chi connectivity index (χ4v) is 4.30. The molecule has 0 radical (unpaired) electrons. The SMILES string of the molecule is Cc1cc(-n2nc3ccc(Sc4ccc(NC(=O)NO)cc4)cc3n2)c(O)c(C(C)(C)C)c1. The second-order valence-electron chi connectivity index (χ2n) is 8.76. The van der Waals surface area contributed by atoms with E-state index >= 15 is 0 Å². The third kappa shape index (κ3) is 4.94. The number of carbonyl (C=O) groups excluding carboxylic acids is 1. The molecule has 0 saturated heterocycles. The summed E-state index contributed by atoms with van der Waals surface area (Å²) < 4.78 is 0. The zero-order chi connectivity index (χ0) is 23.8. The van der Waals surface area contributed by atoms with Crippen molar-refractivity contribution < 1.29 is 15.1 Å². The van der Waals surface area contributed by atoms with Gasteiger partial charge in [0.15, 0.2) is 0 Å². The summed E-state index contributed by atoms with van der Waals surface area (Å²) in [5, 5.41) is 31.2. The number of benzene rings is 3. The lowest BCUT2D eigenvalue weighted by Crippen LogP contribution is -2.24. The number of aromatic hydroxyl groups is 1. The lowest BCUT2D eigenvalue weighted by atomic mass is 9.85. The number of fused-ring (bicyclic) bond motifs is 1. The summed E-state index contributed by atoms with van der Waals surface area (Å²) in [6.07, 6.45) is 0. The van der Waals surface area contributed by atoms with Gasteiger partial charge in [0, 0.05) is 21.0 Å². The fourth-order valence-electron chi connectivity index (χ4n) is 3.45. The van der Waals surface area contributed by atoms with Gasteiger partial charge in [-0.05, 0) is 66.4 Å². The maximum absolute atomic E-state index is 11.2. The van der Waals surface area contributed by atoms with Crippen molar-refractivity contribution in [2.24, 2.45) is 0 Å². The molecule has 0 fully saturated rings. The standard InChI is InChI=1S/C24H25N5O3S/c1-14-11-18(24(2,3)4)22(30)21(12-14)29-26-19-10-9-17(13-20(19)27-29)33-16-7-5-15(6-8-16)25-23(31)28-32/h5-13,30,32H,1-4H3,(H2,25,28,31). The molecular weight excluding hydrogens is 438 g/mol. The molecule has 9 heteroatoms. The Hall–Kier alpha value is -3.56. The van der Waals surface area contributed by atoms with E-state index in [4.69, 9.17) is 5.21 Å². The van der Waals surface area contributed by atoms with Crippen LogP contribution in [0.3, 0.4) is 0 Å². The first kappa shape index (κ1) is 22.6. The van der Waals surface area contributed by atoms with Crippen LogP contribution < -0.4 is 10.8 Å². The maximum atomic E-state index is 11.2. The second-order valence-corrected chi connectivity index (χ2v) is 9.91. The number of hydrogen-bond acceptors (Lipinski definition) is 6. The highest BCUT2D eigenvalue weighted by molar-refractivity contribution is 7.99. The number of rotatable bonds is 4. The third-order valence-electron chi connectivity index (χ3n) is 5.06. The number of urea groups is 1. The molecule has 2 amide bonds. The van der Waals surface area contributed by atoms with Crippen molar-refractivity contribution in [3.63, 3.8) is 0 Å². The number of phenolic OH excluding ortho intramolecular Hbond substituents is 1. The van der Waals surface area contributed by atoms with Crippen LogP contribution in [-0.4, -0.2) is 31.3 Å². The van der Waals surface area contributed by atoms with E-state index in [-0.39, 0.29) is 11.2 Å². The van der Waals surface area contributed by atoms with Crippen molar-refractivity contribution in [1.82, 2.24) is 20.5 Å². The van der Waals surface area contributed by atoms with Gasteiger partial charge in [-0.1, -0.05) is 38.6 Å². The van der Waals surface area contributed by atoms with Crippen LogP contribution in [0.4, 0.5) is 10.5 Å². The number of nitrogens with zero attached hydrogens (tertiary/aromatic N) is 3. The molecule has 0 bridgehead atoms. The number of aromatic nitrogens is 3. The van der Waals surface area contributed by atoms with E-state index in [0.29, 0.717) is 11.4 Å². The molecule has 4 aromatic rings. The minimum Gasteiger partial charge on any atom is -0.505 e. The molecule has 1 heterocycles. The highest BCUT2D eigenvalue weighted by atomic mass is 32.2. The topological polar surface area (TPSA) is 112 Å². The third-order valence-corrected chi connectivity index (χ3v) is 6.06. The number of nitrogens with one attached hydrogen (secondary N) is 2. The average Bonchev–Trinajstić information content (AvgIpc) is 3.18. The van der Waals surface area contributed by atoms with Gasteiger partial charge >= 0.3 is 6.03 Å². The predicted octanol–water partition coefficient (Wildman–Crippen LogP) is 5.39. The summed E-state index contributed by atoms with van der Waals surface area (Å²) in [6.45, 7) is 8.18. The van der Waals surface area contributed by atoms with Crippen molar-refractivity contribution >= 4 is 34.5 Å². The van der Waals surface area contributed by atoms with Crippen LogP contribution in [0.15, 0.2) is 64.4 Å². The molecule has 3 aromatic carbocycles. The molecule has 0 spiro atoms. The zero-order valence-corrected chi connectivity index (χ0v) is 19.6. The number of amides is 2. The molecular formula is C24H25N5O3S. The number of phenols is 1. The highest BCUT2D eigenvalue weighted by Gasteiger charge is 2.22. The number of hydroxylamine groups is 1. The quantitative estimate of drug-likeness (QED) is 0.238. The van der Waals surface area contributed by atoms with Gasteiger partial charge in [-0.2, -0.15) is 0 Å². The van der Waals surface area contributed by atoms with Gasteiger partial charge in [-0.25, -0.2) is 10.3 Å². The molecule has 0 atom stereocenters. The largest absolute Gasteiger partial charge is 0.505 e. The Morgan fingerprint density at radius 3 is 2.30 bits per heavy atom. The molecule has 1 aromatic heterocycles. The maximum Gasteiger partial charge on any atom is 0.342 e. The second kappa shape index (κ2) is 8.76. The van der Waals surface area contributed by atoms with E-state index in [9.17, 15) is 9.90 Å². The molecule has 33 heavy (non-hydrogen) atoms. The summed E-state index contributed by atoms with van der Waals surface area (Å²) in [6, 6.07) is 16.2. The highest BCUT2D eigenvalue weighted by Crippen LogP contribution is 2.36. The van der Waals surface area contributed by atoms with E-state index in [1.807, 2.05) is 49.4 Å². The van der Waals surface area contributed by atoms with E-state index in [1.54, 1.807) is 23.9 Å². The molecule has 8 nitrogen and oxygen atoms in total. The number of aryl methyl sites for hydroxylation is 1. The first-order chi connectivity index (χ1) is 15.6. The molecule has 0 aliphatic rings. The Morgan fingerprint density at radius 2 is 1.64 bits per heavy atom. The molecule has 4 rings (SSSR count). The van der Waals surface area contributed by atoms with E-state index < -0.39 is 6.03 Å². The van der Waals surface area contributed by atoms with Crippen LogP contribution in [0.1, 0.15) is 31.9 Å². The molecule has 0 unspecified atom stereocenters. The van der Waals surface area contributed by atoms with Crippen LogP contribution in [0.25, 0.3) is 16.7 Å². The molecule has 0 aliphatic heterocycles. The van der Waals surface area contributed by atoms with Crippen LogP contribution in [0.5, 0.6) is 5.75 Å². The van der Waals surface area contributed by atoms with Crippen molar-refractivity contribution in [2.45, 2.75) is 42.9 Å². The fraction of sp³-hybridized carbons (Fsp3) is 0.208. The summed E-state index contributed by atoms with van der Waals surface area (Å²) in [5.41, 5.74) is 5.76. The summed E-state index contributed by atoms with van der Waals surface area (Å²) >= 11 is 1.55. The zero-order valence-electron chi connectivity index (χ0n) is 18.7. The smallest absolute Gasteiger partial charge is 0.342 e. The van der Waals surface area contributed by atoms with Gasteiger partial charge in [-0.15, -0.1) is 15.0 Å². The Morgan fingerprint density at radius 1 is 0.970 bits per heavy atom. The van der Waals surface area contributed by atoms with E-state index in [2.05, 4.69) is 36.3 Å². The number of hydrogen-bond donors (Lipinski definition) is 4. The van der Waals surface area contributed by atoms with Gasteiger partial charge in [0.25, 0.3) is 0 Å². The van der Waals surface area contributed by atoms with Gasteiger partial charge < -0.3 is 10.4 Å². The van der Waals surface area contributed by atoms with E-state index in [0.717, 1.165) is 32.0 Å². The lowest BCUT2D eigenvalue weighted by Gasteiger charge is -2.22. The Kier molecular flexibility index (Phi) is 6.01. The molecule has 0 aliphatic carbocycles. The van der Waals surface area contributed by atoms with Crippen LogP contribution in [0, 0.1) is 6.92 Å². The van der Waals surface area contributed by atoms with Crippen LogP contribution in [-0.2, 0) is 5.41 Å². The first-order valence-corrected chi connectivity index (χ1v) is 11.2. The molecule has 170 valence electrons. The summed E-state index contributed by atoms with van der Waals surface area (Å²) in [7, 11) is 0. The first-order valence-electron chi connectivity index (χ1n) is 10.3. The van der Waals surface area contributed by atoms with Crippen molar-refractivity contribution in [1.29, 1.82) is 0 Å². The summed E-state index contributed by atoms with van der Waals surface area (Å²) in [5.74, 6) is 0.187. The minimum absolute atomic E-state index is 0.187. The number of anilines is 1. The average molecular weight is 464 g/mol. The van der Waals surface area contributed by atoms with Gasteiger partial charge in [0.1, 0.15) is 22.5 Å². The predicted molar refractivity (Wildman–Crippen MR) is 128 cm³/mol. The monoisotopic (exact) mass is 463 g/mol. The van der Waals surface area contributed by atoms with Crippen molar-refractivity contribution in [3.8, 4) is 11.4 Å². The molecule has 0 saturated carbocycles. The Bertz CT molecular complexity index is 1330. The van der Waals surface area contributed by atoms with Gasteiger partial charge in [-0.3, -0.25) is 5.21 Å². The minimum atomic E-state index is -0.696. The Balaban J connectivity index is 1.61. The molecule has 4 N–H and O–H groups in total. The van der Waals surface area contributed by atoms with E-state index in [1.165, 1.54) is 10.3 Å². The number of carbonyl (C=O) groups is 1. The Labute approximate surface area is 195 Å². The van der Waals surface area contributed by atoms with Crippen molar-refractivity contribution in [3.05, 3.63) is 65.7 Å². The van der Waals surface area contributed by atoms with Gasteiger partial charge in [0.2, 0.25) is 0 Å². The van der Waals surface area contributed by atoms with Crippen LogP contribution in [0.2, 0.25) is 0 Å².